The molecule has 0 saturated carbocycles. The lowest BCUT2D eigenvalue weighted by molar-refractivity contribution is -0.118. The summed E-state index contributed by atoms with van der Waals surface area (Å²) in [6.45, 7) is 3.74. The number of rotatable bonds is 4. The lowest BCUT2D eigenvalue weighted by Gasteiger charge is -2.16. The Morgan fingerprint density at radius 2 is 2.00 bits per heavy atom. The van der Waals surface area contributed by atoms with Crippen molar-refractivity contribution in [2.24, 2.45) is 16.8 Å². The normalized spacial score (nSPS) is 13.2. The molecule has 0 aliphatic heterocycles. The Bertz CT molecular complexity index is 495. The van der Waals surface area contributed by atoms with E-state index in [0.717, 1.165) is 14.5 Å². The number of carbonyl (C=O) groups is 1. The molecule has 19 heavy (non-hydrogen) atoms. The van der Waals surface area contributed by atoms with Gasteiger partial charge in [-0.15, -0.1) is 0 Å². The van der Waals surface area contributed by atoms with Crippen LogP contribution in [0.4, 0.5) is 5.69 Å². The molecule has 5 nitrogen and oxygen atoms in total. The van der Waals surface area contributed by atoms with Gasteiger partial charge in [0.1, 0.15) is 0 Å². The summed E-state index contributed by atoms with van der Waals surface area (Å²) in [7, 11) is 0. The number of aryl methyl sites for hydroxylation is 1. The minimum atomic E-state index is -0.662. The molecule has 0 bridgehead atoms. The average molecular weight is 393 g/mol. The molecule has 0 fully saturated rings. The molecule has 7 heteroatoms. The second-order valence-corrected chi connectivity index (χ2v) is 5.79. The molecule has 4 N–H and O–H groups in total. The van der Waals surface area contributed by atoms with Crippen molar-refractivity contribution in [3.8, 4) is 0 Å². The van der Waals surface area contributed by atoms with Gasteiger partial charge in [0, 0.05) is 8.95 Å². The number of amides is 1. The predicted octanol–water partition coefficient (Wildman–Crippen LogP) is 3.23. The summed E-state index contributed by atoms with van der Waals surface area (Å²) in [5.74, 6) is -1.08. The van der Waals surface area contributed by atoms with E-state index >= 15 is 0 Å². The van der Waals surface area contributed by atoms with Crippen LogP contribution in [-0.4, -0.2) is 17.0 Å². The molecule has 1 unspecified atom stereocenters. The first kappa shape index (κ1) is 16.0. The van der Waals surface area contributed by atoms with Crippen LogP contribution in [0.2, 0.25) is 0 Å². The molecule has 0 radical (unpaired) electrons. The number of benzene rings is 1. The molecular formula is C12H15Br2N3O2. The summed E-state index contributed by atoms with van der Waals surface area (Å²) in [4.78, 5) is 12.1. The molecule has 1 aromatic carbocycles. The highest BCUT2D eigenvalue weighted by atomic mass is 79.9. The number of amidine groups is 1. The van der Waals surface area contributed by atoms with Crippen LogP contribution in [-0.2, 0) is 4.79 Å². The average Bonchev–Trinajstić information content (AvgIpc) is 2.34. The second kappa shape index (κ2) is 6.91. The van der Waals surface area contributed by atoms with Gasteiger partial charge in [0.15, 0.2) is 5.84 Å². The number of nitrogens with zero attached hydrogens (tertiary/aromatic N) is 1. The summed E-state index contributed by atoms with van der Waals surface area (Å²) in [6.07, 6.45) is 0.447. The van der Waals surface area contributed by atoms with Crippen molar-refractivity contribution in [1.82, 2.24) is 0 Å². The van der Waals surface area contributed by atoms with Crippen molar-refractivity contribution < 1.29 is 10.0 Å². The van der Waals surface area contributed by atoms with Crippen LogP contribution in [0.1, 0.15) is 18.9 Å². The fourth-order valence-corrected chi connectivity index (χ4v) is 3.24. The van der Waals surface area contributed by atoms with E-state index in [-0.39, 0.29) is 11.7 Å². The van der Waals surface area contributed by atoms with Gasteiger partial charge in [-0.25, -0.2) is 0 Å². The molecule has 0 aromatic heterocycles. The van der Waals surface area contributed by atoms with Crippen LogP contribution >= 0.6 is 31.9 Å². The lowest BCUT2D eigenvalue weighted by Crippen LogP contribution is -2.34. The number of nitrogens with two attached hydrogens (primary N) is 1. The minimum Gasteiger partial charge on any atom is -0.409 e. The molecular weight excluding hydrogens is 378 g/mol. The summed E-state index contributed by atoms with van der Waals surface area (Å²) >= 11 is 6.79. The summed E-state index contributed by atoms with van der Waals surface area (Å²) < 4.78 is 1.53. The van der Waals surface area contributed by atoms with E-state index in [1.165, 1.54) is 0 Å². The van der Waals surface area contributed by atoms with Gasteiger partial charge in [-0.2, -0.15) is 0 Å². The van der Waals surface area contributed by atoms with Crippen molar-refractivity contribution >= 4 is 49.3 Å². The molecule has 0 aliphatic carbocycles. The van der Waals surface area contributed by atoms with Gasteiger partial charge < -0.3 is 16.3 Å². The van der Waals surface area contributed by atoms with E-state index in [0.29, 0.717) is 12.1 Å². The SMILES string of the molecule is CCC(C(=O)Nc1c(Br)cc(C)cc1Br)C(N)=NO. The van der Waals surface area contributed by atoms with Gasteiger partial charge in [-0.1, -0.05) is 12.1 Å². The second-order valence-electron chi connectivity index (χ2n) is 4.08. The third kappa shape index (κ3) is 3.94. The van der Waals surface area contributed by atoms with Crippen molar-refractivity contribution in [3.63, 3.8) is 0 Å². The highest BCUT2D eigenvalue weighted by Crippen LogP contribution is 2.32. The number of nitrogens with one attached hydrogen (secondary N) is 1. The van der Waals surface area contributed by atoms with Crippen LogP contribution in [0, 0.1) is 12.8 Å². The Hall–Kier alpha value is -1.08. The quantitative estimate of drug-likeness (QED) is 0.318. The highest BCUT2D eigenvalue weighted by molar-refractivity contribution is 9.11. The molecule has 0 aliphatic rings. The Labute approximate surface area is 128 Å². The third-order valence-corrected chi connectivity index (χ3v) is 3.88. The van der Waals surface area contributed by atoms with E-state index < -0.39 is 5.92 Å². The highest BCUT2D eigenvalue weighted by Gasteiger charge is 2.22. The van der Waals surface area contributed by atoms with Crippen molar-refractivity contribution in [1.29, 1.82) is 0 Å². The van der Waals surface area contributed by atoms with Gasteiger partial charge in [-0.3, -0.25) is 4.79 Å². The molecule has 1 rings (SSSR count). The van der Waals surface area contributed by atoms with E-state index in [1.54, 1.807) is 6.92 Å². The Balaban J connectivity index is 3.00. The molecule has 104 valence electrons. The van der Waals surface area contributed by atoms with Gasteiger partial charge >= 0.3 is 0 Å². The van der Waals surface area contributed by atoms with Crippen molar-refractivity contribution in [2.75, 3.05) is 5.32 Å². The first-order valence-corrected chi connectivity index (χ1v) is 7.23. The van der Waals surface area contributed by atoms with Crippen LogP contribution in [0.15, 0.2) is 26.2 Å². The first-order chi connectivity index (χ1) is 8.90. The lowest BCUT2D eigenvalue weighted by atomic mass is 10.0. The summed E-state index contributed by atoms with van der Waals surface area (Å²) in [5.41, 5.74) is 7.18. The molecule has 1 aromatic rings. The maximum atomic E-state index is 12.1. The van der Waals surface area contributed by atoms with Gasteiger partial charge in [0.25, 0.3) is 0 Å². The zero-order valence-corrected chi connectivity index (χ0v) is 13.7. The summed E-state index contributed by atoms with van der Waals surface area (Å²) in [6, 6.07) is 3.79. The van der Waals surface area contributed by atoms with E-state index in [2.05, 4.69) is 42.3 Å². The van der Waals surface area contributed by atoms with Crippen LogP contribution < -0.4 is 11.1 Å². The zero-order valence-electron chi connectivity index (χ0n) is 10.6. The monoisotopic (exact) mass is 391 g/mol. The van der Waals surface area contributed by atoms with E-state index in [9.17, 15) is 4.79 Å². The fraction of sp³-hybridized carbons (Fsp3) is 0.333. The number of hydrogen-bond donors (Lipinski definition) is 3. The van der Waals surface area contributed by atoms with Crippen LogP contribution in [0.5, 0.6) is 0 Å². The first-order valence-electron chi connectivity index (χ1n) is 5.64. The smallest absolute Gasteiger partial charge is 0.235 e. The molecule has 0 saturated heterocycles. The Kier molecular flexibility index (Phi) is 5.81. The van der Waals surface area contributed by atoms with Gasteiger partial charge in [0.2, 0.25) is 5.91 Å². The summed E-state index contributed by atoms with van der Waals surface area (Å²) in [5, 5.41) is 14.3. The number of oxime groups is 1. The number of anilines is 1. The molecule has 1 amide bonds. The third-order valence-electron chi connectivity index (χ3n) is 2.63. The van der Waals surface area contributed by atoms with Crippen molar-refractivity contribution in [2.45, 2.75) is 20.3 Å². The topological polar surface area (TPSA) is 87.7 Å². The zero-order chi connectivity index (χ0) is 14.6. The van der Waals surface area contributed by atoms with Gasteiger partial charge in [0.05, 0.1) is 11.6 Å². The van der Waals surface area contributed by atoms with Crippen molar-refractivity contribution in [3.05, 3.63) is 26.6 Å². The largest absolute Gasteiger partial charge is 0.409 e. The minimum absolute atomic E-state index is 0.0978. The standard InChI is InChI=1S/C12H15Br2N3O2/c1-3-7(11(15)17-19)12(18)16-10-8(13)4-6(2)5-9(10)14/h4-5,7,19H,3H2,1-2H3,(H2,15,17)(H,16,18). The molecule has 0 heterocycles. The maximum Gasteiger partial charge on any atom is 0.235 e. The Morgan fingerprint density at radius 3 is 2.42 bits per heavy atom. The number of carbonyl (C=O) groups excluding carboxylic acids is 1. The Morgan fingerprint density at radius 1 is 1.47 bits per heavy atom. The number of hydrogen-bond acceptors (Lipinski definition) is 3. The molecule has 1 atom stereocenters. The fourth-order valence-electron chi connectivity index (χ4n) is 1.63. The predicted molar refractivity (Wildman–Crippen MR) is 82.4 cm³/mol. The van der Waals surface area contributed by atoms with Gasteiger partial charge in [-0.05, 0) is 62.9 Å². The van der Waals surface area contributed by atoms with E-state index in [1.807, 2.05) is 19.1 Å². The maximum absolute atomic E-state index is 12.1. The van der Waals surface area contributed by atoms with E-state index in [4.69, 9.17) is 10.9 Å². The number of halogens is 2. The molecule has 0 spiro atoms. The van der Waals surface area contributed by atoms with Crippen LogP contribution in [0.25, 0.3) is 0 Å². The van der Waals surface area contributed by atoms with Crippen LogP contribution in [0.3, 0.4) is 0 Å².